The third kappa shape index (κ3) is 4.16. The van der Waals surface area contributed by atoms with Crippen LogP contribution in [0.25, 0.3) is 0 Å². The van der Waals surface area contributed by atoms with Crippen molar-refractivity contribution in [1.29, 1.82) is 0 Å². The molecular weight excluding hydrogens is 317 g/mol. The standard InChI is InChI=1S/C17H16FNO3S/c18-14-4-2-1-3-13(14)9-23-10-17(20)19-8-12-5-6-15-16(7-12)22-11-21-15/h1-7H,8-11H2,(H,19,20). The lowest BCUT2D eigenvalue weighted by molar-refractivity contribution is -0.118. The minimum Gasteiger partial charge on any atom is -0.454 e. The van der Waals surface area contributed by atoms with Crippen molar-refractivity contribution in [2.75, 3.05) is 12.5 Å². The van der Waals surface area contributed by atoms with E-state index in [-0.39, 0.29) is 18.5 Å². The highest BCUT2D eigenvalue weighted by Crippen LogP contribution is 2.32. The molecule has 23 heavy (non-hydrogen) atoms. The smallest absolute Gasteiger partial charge is 0.231 e. The van der Waals surface area contributed by atoms with Crippen molar-refractivity contribution >= 4 is 17.7 Å². The maximum atomic E-state index is 13.5. The van der Waals surface area contributed by atoms with E-state index in [1.165, 1.54) is 17.8 Å². The Balaban J connectivity index is 1.42. The predicted octanol–water partition coefficient (Wildman–Crippen LogP) is 3.10. The van der Waals surface area contributed by atoms with Crippen molar-refractivity contribution in [2.24, 2.45) is 0 Å². The number of fused-ring (bicyclic) bond motifs is 1. The Morgan fingerprint density at radius 2 is 2.00 bits per heavy atom. The largest absolute Gasteiger partial charge is 0.454 e. The lowest BCUT2D eigenvalue weighted by Crippen LogP contribution is -2.24. The molecular formula is C17H16FNO3S. The molecule has 1 aliphatic heterocycles. The van der Waals surface area contributed by atoms with Gasteiger partial charge in [-0.2, -0.15) is 0 Å². The molecule has 0 aliphatic carbocycles. The molecule has 0 bridgehead atoms. The zero-order valence-electron chi connectivity index (χ0n) is 12.4. The SMILES string of the molecule is O=C(CSCc1ccccc1F)NCc1ccc2c(c1)OCO2. The quantitative estimate of drug-likeness (QED) is 0.882. The molecule has 1 aliphatic rings. The number of nitrogens with one attached hydrogen (secondary N) is 1. The highest BCUT2D eigenvalue weighted by atomic mass is 32.2. The van der Waals surface area contributed by atoms with Gasteiger partial charge in [0.2, 0.25) is 12.7 Å². The molecule has 1 N–H and O–H groups in total. The molecule has 0 saturated heterocycles. The first kappa shape index (κ1) is 15.7. The maximum absolute atomic E-state index is 13.5. The average Bonchev–Trinajstić information content (AvgIpc) is 3.02. The van der Waals surface area contributed by atoms with Crippen LogP contribution in [0.5, 0.6) is 11.5 Å². The topological polar surface area (TPSA) is 47.6 Å². The van der Waals surface area contributed by atoms with Gasteiger partial charge in [0.1, 0.15) is 5.82 Å². The number of thioether (sulfide) groups is 1. The van der Waals surface area contributed by atoms with Gasteiger partial charge in [0.15, 0.2) is 11.5 Å². The van der Waals surface area contributed by atoms with Crippen LogP contribution in [-0.2, 0) is 17.1 Å². The molecule has 0 aromatic heterocycles. The Bertz CT molecular complexity index is 708. The molecule has 2 aromatic carbocycles. The first-order valence-electron chi connectivity index (χ1n) is 7.19. The molecule has 4 nitrogen and oxygen atoms in total. The molecule has 0 atom stereocenters. The van der Waals surface area contributed by atoms with Crippen molar-refractivity contribution < 1.29 is 18.7 Å². The summed E-state index contributed by atoms with van der Waals surface area (Å²) in [6.45, 7) is 0.660. The van der Waals surface area contributed by atoms with Crippen LogP contribution in [-0.4, -0.2) is 18.5 Å². The number of halogens is 1. The fourth-order valence-corrected chi connectivity index (χ4v) is 3.02. The summed E-state index contributed by atoms with van der Waals surface area (Å²) in [5.41, 5.74) is 1.56. The van der Waals surface area contributed by atoms with Crippen LogP contribution in [0.1, 0.15) is 11.1 Å². The summed E-state index contributed by atoms with van der Waals surface area (Å²) in [4.78, 5) is 11.8. The summed E-state index contributed by atoms with van der Waals surface area (Å²) in [6, 6.07) is 12.2. The molecule has 0 radical (unpaired) electrons. The summed E-state index contributed by atoms with van der Waals surface area (Å²) in [5, 5.41) is 2.84. The van der Waals surface area contributed by atoms with E-state index in [9.17, 15) is 9.18 Å². The van der Waals surface area contributed by atoms with Gasteiger partial charge >= 0.3 is 0 Å². The van der Waals surface area contributed by atoms with E-state index in [4.69, 9.17) is 9.47 Å². The molecule has 1 heterocycles. The number of hydrogen-bond acceptors (Lipinski definition) is 4. The van der Waals surface area contributed by atoms with Gasteiger partial charge in [-0.15, -0.1) is 11.8 Å². The van der Waals surface area contributed by atoms with Gasteiger partial charge in [0.05, 0.1) is 5.75 Å². The van der Waals surface area contributed by atoms with Crippen LogP contribution in [0.4, 0.5) is 4.39 Å². The minimum atomic E-state index is -0.235. The number of ether oxygens (including phenoxy) is 2. The van der Waals surface area contributed by atoms with Crippen molar-refractivity contribution in [3.05, 3.63) is 59.4 Å². The molecule has 120 valence electrons. The number of carbonyl (C=O) groups excluding carboxylic acids is 1. The van der Waals surface area contributed by atoms with Gasteiger partial charge in [0.25, 0.3) is 0 Å². The van der Waals surface area contributed by atoms with Crippen LogP contribution in [0, 0.1) is 5.82 Å². The summed E-state index contributed by atoms with van der Waals surface area (Å²) in [6.07, 6.45) is 0. The average molecular weight is 333 g/mol. The number of carbonyl (C=O) groups is 1. The summed E-state index contributed by atoms with van der Waals surface area (Å²) < 4.78 is 24.0. The highest BCUT2D eigenvalue weighted by Gasteiger charge is 2.13. The monoisotopic (exact) mass is 333 g/mol. The van der Waals surface area contributed by atoms with Crippen molar-refractivity contribution in [3.8, 4) is 11.5 Å². The summed E-state index contributed by atoms with van der Waals surface area (Å²) in [7, 11) is 0. The molecule has 0 spiro atoms. The van der Waals surface area contributed by atoms with Crippen molar-refractivity contribution in [1.82, 2.24) is 5.32 Å². The second-order valence-electron chi connectivity index (χ2n) is 5.05. The number of amides is 1. The Hall–Kier alpha value is -2.21. The van der Waals surface area contributed by atoms with Crippen molar-refractivity contribution in [3.63, 3.8) is 0 Å². The number of hydrogen-bond donors (Lipinski definition) is 1. The molecule has 3 rings (SSSR count). The van der Waals surface area contributed by atoms with Crippen LogP contribution < -0.4 is 14.8 Å². The van der Waals surface area contributed by atoms with Crippen LogP contribution in [0.3, 0.4) is 0 Å². The highest BCUT2D eigenvalue weighted by molar-refractivity contribution is 7.99. The molecule has 0 saturated carbocycles. The van der Waals surface area contributed by atoms with Gasteiger partial charge in [-0.25, -0.2) is 4.39 Å². The van der Waals surface area contributed by atoms with Crippen LogP contribution in [0.2, 0.25) is 0 Å². The van der Waals surface area contributed by atoms with Gasteiger partial charge in [-0.1, -0.05) is 24.3 Å². The lowest BCUT2D eigenvalue weighted by Gasteiger charge is -2.07. The van der Waals surface area contributed by atoms with E-state index in [0.29, 0.717) is 29.4 Å². The minimum absolute atomic E-state index is 0.0796. The van der Waals surface area contributed by atoms with Gasteiger partial charge in [-0.05, 0) is 29.3 Å². The number of rotatable bonds is 6. The fraction of sp³-hybridized carbons (Fsp3) is 0.235. The predicted molar refractivity (Wildman–Crippen MR) is 87.0 cm³/mol. The first-order valence-corrected chi connectivity index (χ1v) is 8.34. The van der Waals surface area contributed by atoms with Gasteiger partial charge < -0.3 is 14.8 Å². The lowest BCUT2D eigenvalue weighted by atomic mass is 10.2. The zero-order chi connectivity index (χ0) is 16.1. The third-order valence-corrected chi connectivity index (χ3v) is 4.36. The van der Waals surface area contributed by atoms with Gasteiger partial charge in [0, 0.05) is 12.3 Å². The normalized spacial score (nSPS) is 12.2. The molecule has 0 fully saturated rings. The maximum Gasteiger partial charge on any atom is 0.231 e. The van der Waals surface area contributed by atoms with E-state index >= 15 is 0 Å². The van der Waals surface area contributed by atoms with Crippen LogP contribution in [0.15, 0.2) is 42.5 Å². The van der Waals surface area contributed by atoms with Gasteiger partial charge in [-0.3, -0.25) is 4.79 Å². The Labute approximate surface area is 138 Å². The van der Waals surface area contributed by atoms with E-state index in [0.717, 1.165) is 11.3 Å². The van der Waals surface area contributed by atoms with E-state index in [1.54, 1.807) is 18.2 Å². The molecule has 0 unspecified atom stereocenters. The second-order valence-corrected chi connectivity index (χ2v) is 6.03. The molecule has 1 amide bonds. The fourth-order valence-electron chi connectivity index (χ4n) is 2.17. The number of benzene rings is 2. The summed E-state index contributed by atoms with van der Waals surface area (Å²) in [5.74, 6) is 1.87. The van der Waals surface area contributed by atoms with E-state index in [1.807, 2.05) is 18.2 Å². The van der Waals surface area contributed by atoms with E-state index < -0.39 is 0 Å². The van der Waals surface area contributed by atoms with E-state index in [2.05, 4.69) is 5.32 Å². The first-order chi connectivity index (χ1) is 11.2. The Morgan fingerprint density at radius 3 is 2.87 bits per heavy atom. The summed E-state index contributed by atoms with van der Waals surface area (Å²) >= 11 is 1.39. The Morgan fingerprint density at radius 1 is 1.17 bits per heavy atom. The van der Waals surface area contributed by atoms with Crippen molar-refractivity contribution in [2.45, 2.75) is 12.3 Å². The zero-order valence-corrected chi connectivity index (χ0v) is 13.2. The Kier molecular flexibility index (Phi) is 5.02. The molecule has 2 aromatic rings. The van der Waals surface area contributed by atoms with Crippen LogP contribution >= 0.6 is 11.8 Å². The molecule has 6 heteroatoms. The second kappa shape index (κ2) is 7.37. The third-order valence-electron chi connectivity index (χ3n) is 3.38.